The molecule has 27 heavy (non-hydrogen) atoms. The maximum Gasteiger partial charge on any atom is 0.138 e. The van der Waals surface area contributed by atoms with Crippen LogP contribution in [0.4, 0.5) is 5.82 Å². The summed E-state index contributed by atoms with van der Waals surface area (Å²) in [6, 6.07) is 18.8. The Morgan fingerprint density at radius 2 is 1.74 bits per heavy atom. The molecule has 0 saturated carbocycles. The summed E-state index contributed by atoms with van der Waals surface area (Å²) in [5, 5.41) is 16.0. The number of anilines is 1. The van der Waals surface area contributed by atoms with Gasteiger partial charge in [-0.25, -0.2) is 9.97 Å². The molecule has 4 rings (SSSR count). The third-order valence-corrected chi connectivity index (χ3v) is 4.99. The van der Waals surface area contributed by atoms with Crippen LogP contribution in [-0.4, -0.2) is 32.2 Å². The number of nitriles is 1. The summed E-state index contributed by atoms with van der Waals surface area (Å²) in [4.78, 5) is 8.63. The first-order valence-electron chi connectivity index (χ1n) is 9.03. The van der Waals surface area contributed by atoms with Gasteiger partial charge in [-0.3, -0.25) is 0 Å². The van der Waals surface area contributed by atoms with Crippen LogP contribution in [0, 0.1) is 11.3 Å². The molecule has 1 heterocycles. The van der Waals surface area contributed by atoms with Gasteiger partial charge in [0.25, 0.3) is 0 Å². The number of nitrogens with one attached hydrogen (secondary N) is 1. The number of benzene rings is 3. The number of hydrogen-bond acceptors (Lipinski definition) is 4. The van der Waals surface area contributed by atoms with Gasteiger partial charge in [-0.1, -0.05) is 41.3 Å². The van der Waals surface area contributed by atoms with Crippen molar-refractivity contribution in [3.63, 3.8) is 0 Å². The van der Waals surface area contributed by atoms with E-state index in [4.69, 9.17) is 5.26 Å². The molecule has 6 heteroatoms. The molecule has 3 aromatic carbocycles. The largest absolute Gasteiger partial charge is 0.369 e. The molecule has 1 aromatic heterocycles. The summed E-state index contributed by atoms with van der Waals surface area (Å²) in [6.07, 6.45) is 2.45. The van der Waals surface area contributed by atoms with Gasteiger partial charge in [0.1, 0.15) is 27.8 Å². The number of rotatable bonds is 4. The fourth-order valence-corrected chi connectivity index (χ4v) is 3.32. The summed E-state index contributed by atoms with van der Waals surface area (Å²) in [5.41, 5.74) is 5.38. The molecule has 4 nitrogen and oxygen atoms in total. The lowest BCUT2D eigenvalue weighted by atomic mass is 9.79. The Morgan fingerprint density at radius 1 is 0.926 bits per heavy atom. The van der Waals surface area contributed by atoms with Crippen molar-refractivity contribution >= 4 is 54.1 Å². The van der Waals surface area contributed by atoms with Crippen molar-refractivity contribution in [3.05, 3.63) is 66.0 Å². The van der Waals surface area contributed by atoms with Gasteiger partial charge in [0.2, 0.25) is 0 Å². The van der Waals surface area contributed by atoms with Crippen LogP contribution in [0.3, 0.4) is 0 Å². The van der Waals surface area contributed by atoms with E-state index in [1.54, 1.807) is 12.4 Å². The van der Waals surface area contributed by atoms with E-state index in [1.165, 1.54) is 27.3 Å². The molecule has 0 saturated heterocycles. The van der Waals surface area contributed by atoms with Gasteiger partial charge < -0.3 is 5.32 Å². The van der Waals surface area contributed by atoms with Gasteiger partial charge in [0.05, 0.1) is 17.1 Å². The maximum absolute atomic E-state index is 9.12. The standard InChI is InChI=1S/C21H18B2N4/c22-18-9-15-3-1-13(7-16(15)10-19(18)23)5-6-25-21-17-8-14(11-24)2-4-20(17)26-12-27-21/h1-4,7-10,12H,5-6,22-23H2,(H,25,26,27). The molecule has 128 valence electrons. The first-order valence-corrected chi connectivity index (χ1v) is 9.03. The molecule has 4 aromatic rings. The SMILES string of the molecule is Bc1cc2ccc(CCNc3ncnc4ccc(C#N)cc34)cc2cc1B. The molecule has 0 amide bonds. The Bertz CT molecular complexity index is 1200. The van der Waals surface area contributed by atoms with Crippen molar-refractivity contribution in [3.8, 4) is 6.07 Å². The zero-order valence-electron chi connectivity index (χ0n) is 15.5. The van der Waals surface area contributed by atoms with Crippen molar-refractivity contribution in [1.29, 1.82) is 5.26 Å². The van der Waals surface area contributed by atoms with Crippen molar-refractivity contribution in [2.24, 2.45) is 0 Å². The van der Waals surface area contributed by atoms with Crippen LogP contribution in [0.5, 0.6) is 0 Å². The molecule has 0 aliphatic carbocycles. The highest BCUT2D eigenvalue weighted by Gasteiger charge is 2.05. The number of hydrogen-bond donors (Lipinski definition) is 1. The predicted molar refractivity (Wildman–Crippen MR) is 117 cm³/mol. The minimum Gasteiger partial charge on any atom is -0.369 e. The zero-order chi connectivity index (χ0) is 18.8. The number of aromatic nitrogens is 2. The molecule has 0 spiro atoms. The van der Waals surface area contributed by atoms with Gasteiger partial charge >= 0.3 is 0 Å². The van der Waals surface area contributed by atoms with E-state index in [2.05, 4.69) is 67.4 Å². The first-order chi connectivity index (χ1) is 13.1. The Morgan fingerprint density at radius 3 is 2.56 bits per heavy atom. The van der Waals surface area contributed by atoms with Crippen LogP contribution in [0.2, 0.25) is 0 Å². The zero-order valence-corrected chi connectivity index (χ0v) is 15.5. The van der Waals surface area contributed by atoms with Crippen LogP contribution in [0.1, 0.15) is 11.1 Å². The summed E-state index contributed by atoms with van der Waals surface area (Å²) in [6.45, 7) is 0.763. The van der Waals surface area contributed by atoms with Gasteiger partial charge in [-0.2, -0.15) is 5.26 Å². The Hall–Kier alpha value is -3.32. The molecule has 0 fully saturated rings. The summed E-state index contributed by atoms with van der Waals surface area (Å²) >= 11 is 0. The topological polar surface area (TPSA) is 61.6 Å². The lowest BCUT2D eigenvalue weighted by Gasteiger charge is -2.10. The Balaban J connectivity index is 1.53. The van der Waals surface area contributed by atoms with Gasteiger partial charge in [0, 0.05) is 11.9 Å². The summed E-state index contributed by atoms with van der Waals surface area (Å²) in [7, 11) is 4.30. The minimum absolute atomic E-state index is 0.612. The molecular formula is C21H18B2N4. The highest BCUT2D eigenvalue weighted by atomic mass is 15.0. The maximum atomic E-state index is 9.12. The van der Waals surface area contributed by atoms with Crippen LogP contribution in [0.15, 0.2) is 54.9 Å². The molecular weight excluding hydrogens is 330 g/mol. The average molecular weight is 348 g/mol. The van der Waals surface area contributed by atoms with Crippen molar-refractivity contribution in [2.75, 3.05) is 11.9 Å². The minimum atomic E-state index is 0.612. The van der Waals surface area contributed by atoms with E-state index >= 15 is 0 Å². The molecule has 0 aliphatic heterocycles. The van der Waals surface area contributed by atoms with E-state index in [-0.39, 0.29) is 0 Å². The van der Waals surface area contributed by atoms with E-state index in [9.17, 15) is 0 Å². The lowest BCUT2D eigenvalue weighted by molar-refractivity contribution is 1.01. The fraction of sp³-hybridized carbons (Fsp3) is 0.0952. The van der Waals surface area contributed by atoms with Gasteiger partial charge in [0.15, 0.2) is 0 Å². The molecule has 0 atom stereocenters. The van der Waals surface area contributed by atoms with E-state index in [1.807, 2.05) is 12.1 Å². The van der Waals surface area contributed by atoms with Gasteiger partial charge in [-0.05, 0) is 41.0 Å². The monoisotopic (exact) mass is 348 g/mol. The fourth-order valence-electron chi connectivity index (χ4n) is 3.32. The lowest BCUT2D eigenvalue weighted by Crippen LogP contribution is -2.24. The molecule has 0 bridgehead atoms. The predicted octanol–water partition coefficient (Wildman–Crippen LogP) is 0.826. The van der Waals surface area contributed by atoms with Crippen LogP contribution < -0.4 is 16.2 Å². The first kappa shape index (κ1) is 17.1. The van der Waals surface area contributed by atoms with E-state index in [0.29, 0.717) is 5.56 Å². The third kappa shape index (κ3) is 3.49. The molecule has 0 radical (unpaired) electrons. The van der Waals surface area contributed by atoms with Crippen molar-refractivity contribution < 1.29 is 0 Å². The van der Waals surface area contributed by atoms with Crippen molar-refractivity contribution in [1.82, 2.24) is 9.97 Å². The number of fused-ring (bicyclic) bond motifs is 2. The van der Waals surface area contributed by atoms with E-state index in [0.717, 1.165) is 29.7 Å². The highest BCUT2D eigenvalue weighted by molar-refractivity contribution is 6.49. The Kier molecular flexibility index (Phi) is 4.52. The molecule has 0 aliphatic rings. The van der Waals surface area contributed by atoms with Crippen molar-refractivity contribution in [2.45, 2.75) is 6.42 Å². The second kappa shape index (κ2) is 7.12. The quantitative estimate of drug-likeness (QED) is 0.555. The Labute approximate surface area is 160 Å². The highest BCUT2D eigenvalue weighted by Crippen LogP contribution is 2.21. The second-order valence-corrected chi connectivity index (χ2v) is 6.86. The van der Waals surface area contributed by atoms with Gasteiger partial charge in [-0.15, -0.1) is 0 Å². The van der Waals surface area contributed by atoms with Crippen LogP contribution >= 0.6 is 0 Å². The normalized spacial score (nSPS) is 10.8. The summed E-state index contributed by atoms with van der Waals surface area (Å²) < 4.78 is 0. The average Bonchev–Trinajstić information content (AvgIpc) is 2.69. The number of nitrogens with zero attached hydrogens (tertiary/aromatic N) is 3. The molecule has 1 N–H and O–H groups in total. The smallest absolute Gasteiger partial charge is 0.138 e. The second-order valence-electron chi connectivity index (χ2n) is 6.86. The molecule has 0 unspecified atom stereocenters. The summed E-state index contributed by atoms with van der Waals surface area (Å²) in [5.74, 6) is 0.768. The third-order valence-electron chi connectivity index (χ3n) is 4.99. The van der Waals surface area contributed by atoms with E-state index < -0.39 is 0 Å². The van der Waals surface area contributed by atoms with Crippen LogP contribution in [-0.2, 0) is 6.42 Å². The van der Waals surface area contributed by atoms with Crippen LogP contribution in [0.25, 0.3) is 21.7 Å².